The van der Waals surface area contributed by atoms with Crippen molar-refractivity contribution in [3.8, 4) is 29.7 Å². The third kappa shape index (κ3) is 15.9. The highest BCUT2D eigenvalue weighted by molar-refractivity contribution is 5.64. The molecule has 0 aliphatic rings. The van der Waals surface area contributed by atoms with Gasteiger partial charge in [-0.1, -0.05) is 52.8 Å². The van der Waals surface area contributed by atoms with Crippen LogP contribution in [0.5, 0.6) is 5.75 Å². The summed E-state index contributed by atoms with van der Waals surface area (Å²) in [6, 6.07) is 4.62. The number of allylic oxidation sites excluding steroid dienone is 3. The van der Waals surface area contributed by atoms with Crippen LogP contribution in [0.25, 0.3) is 11.1 Å². The molecule has 5 N–H and O–H groups in total. The smallest absolute Gasteiger partial charge is 0.417 e. The first kappa shape index (κ1) is 42.8. The maximum absolute atomic E-state index is 13.8. The van der Waals surface area contributed by atoms with E-state index in [1.165, 1.54) is 44.6 Å². The van der Waals surface area contributed by atoms with Gasteiger partial charge in [-0.05, 0) is 76.3 Å². The summed E-state index contributed by atoms with van der Waals surface area (Å²) in [5.41, 5.74) is 2.87. The number of phenols is 1. The largest absolute Gasteiger partial charge is 0.508 e. The summed E-state index contributed by atoms with van der Waals surface area (Å²) in [6.45, 7) is 13.7. The van der Waals surface area contributed by atoms with Crippen molar-refractivity contribution in [1.29, 1.82) is 5.41 Å². The van der Waals surface area contributed by atoms with Crippen molar-refractivity contribution in [3.05, 3.63) is 66.4 Å². The van der Waals surface area contributed by atoms with Gasteiger partial charge < -0.3 is 26.3 Å². The van der Waals surface area contributed by atoms with Crippen LogP contribution in [-0.4, -0.2) is 63.7 Å². The maximum atomic E-state index is 13.8. The van der Waals surface area contributed by atoms with Crippen LogP contribution in [-0.2, 0) is 5.41 Å². The monoisotopic (exact) mass is 593 g/mol. The first-order chi connectivity index (χ1) is 19.6. The third-order valence-corrected chi connectivity index (χ3v) is 5.51. The SMILES string of the molecule is C#C.C/C=C/C=C(\N)CC(O)(CC(C)(C)c1cc(-c2cncnc2)ccc1O)C(F)(F)F.CC.CC=N.CCN(C)C. The molecule has 236 valence electrons. The molecule has 1 unspecified atom stereocenters. The predicted octanol–water partition coefficient (Wildman–Crippen LogP) is 7.12. The lowest BCUT2D eigenvalue weighted by atomic mass is 9.72. The zero-order valence-corrected chi connectivity index (χ0v) is 26.5. The van der Waals surface area contributed by atoms with Crippen molar-refractivity contribution in [2.24, 2.45) is 5.73 Å². The van der Waals surface area contributed by atoms with Crippen LogP contribution in [0.4, 0.5) is 13.2 Å². The van der Waals surface area contributed by atoms with E-state index < -0.39 is 30.0 Å². The van der Waals surface area contributed by atoms with Crippen molar-refractivity contribution < 1.29 is 23.4 Å². The predicted molar refractivity (Wildman–Crippen MR) is 169 cm³/mol. The number of aliphatic hydroxyl groups is 1. The van der Waals surface area contributed by atoms with Crippen molar-refractivity contribution in [1.82, 2.24) is 14.9 Å². The van der Waals surface area contributed by atoms with Crippen molar-refractivity contribution in [2.75, 3.05) is 20.6 Å². The lowest BCUT2D eigenvalue weighted by Crippen LogP contribution is -2.50. The maximum Gasteiger partial charge on any atom is 0.417 e. The second kappa shape index (κ2) is 22.0. The average molecular weight is 594 g/mol. The zero-order chi connectivity index (χ0) is 33.6. The Hall–Kier alpha value is -3.68. The van der Waals surface area contributed by atoms with Gasteiger partial charge in [0.25, 0.3) is 0 Å². The number of nitrogens with two attached hydrogens (primary N) is 1. The quantitative estimate of drug-likeness (QED) is 0.147. The van der Waals surface area contributed by atoms with Crippen molar-refractivity contribution >= 4 is 6.21 Å². The number of aromatic hydroxyl groups is 1. The van der Waals surface area contributed by atoms with Gasteiger partial charge in [0.1, 0.15) is 12.1 Å². The number of benzene rings is 1. The van der Waals surface area contributed by atoms with E-state index in [1.54, 1.807) is 44.4 Å². The molecule has 1 atom stereocenters. The molecular formula is C32H50F3N5O2. The van der Waals surface area contributed by atoms with Crippen LogP contribution in [0.3, 0.4) is 0 Å². The van der Waals surface area contributed by atoms with Gasteiger partial charge in [0.05, 0.1) is 0 Å². The fourth-order valence-corrected chi connectivity index (χ4v) is 3.41. The molecule has 7 nitrogen and oxygen atoms in total. The summed E-state index contributed by atoms with van der Waals surface area (Å²) < 4.78 is 41.5. The van der Waals surface area contributed by atoms with E-state index >= 15 is 0 Å². The molecule has 1 aromatic heterocycles. The normalized spacial score (nSPS) is 12.6. The standard InChI is InChI=1S/C22H26F3N3O2.C4H11N.C2H5N.C2H6.C2H2/c1-4-5-6-17(26)10-21(30,22(23,24)25)13-20(2,3)18-9-15(7-8-19(18)29)16-11-27-14-28-12-16;1-4-5(2)3;1-2-3;2*1-2/h4-9,11-12,14,29-30H,10,13,26H2,1-3H3;4H2,1-3H3;2-3H,1H3;1-2H3;1-2H/b5-4+,17-6-;;;;. The van der Waals surface area contributed by atoms with E-state index in [9.17, 15) is 23.4 Å². The number of terminal acetylenes is 1. The number of aromatic nitrogens is 2. The molecule has 0 aliphatic carbocycles. The Morgan fingerprint density at radius 1 is 1.07 bits per heavy atom. The Morgan fingerprint density at radius 3 is 1.95 bits per heavy atom. The summed E-state index contributed by atoms with van der Waals surface area (Å²) in [4.78, 5) is 10.00. The molecule has 0 amide bonds. The van der Waals surface area contributed by atoms with Crippen LogP contribution >= 0.6 is 0 Å². The van der Waals surface area contributed by atoms with Gasteiger partial charge in [-0.2, -0.15) is 13.2 Å². The van der Waals surface area contributed by atoms with Crippen LogP contribution in [0.1, 0.15) is 66.9 Å². The molecule has 0 saturated carbocycles. The van der Waals surface area contributed by atoms with E-state index in [0.29, 0.717) is 11.1 Å². The molecule has 10 heteroatoms. The van der Waals surface area contributed by atoms with Crippen molar-refractivity contribution in [3.63, 3.8) is 0 Å². The number of alkyl halides is 3. The number of rotatable bonds is 8. The summed E-state index contributed by atoms with van der Waals surface area (Å²) in [5.74, 6) is -0.164. The lowest BCUT2D eigenvalue weighted by molar-refractivity contribution is -0.266. The van der Waals surface area contributed by atoms with Gasteiger partial charge in [-0.15, -0.1) is 12.8 Å². The fraction of sp³-hybridized carbons (Fsp3) is 0.469. The van der Waals surface area contributed by atoms with E-state index in [4.69, 9.17) is 11.1 Å². The van der Waals surface area contributed by atoms with E-state index in [-0.39, 0.29) is 17.0 Å². The van der Waals surface area contributed by atoms with E-state index in [2.05, 4.69) is 48.7 Å². The van der Waals surface area contributed by atoms with Gasteiger partial charge in [-0.25, -0.2) is 9.97 Å². The Balaban J connectivity index is -0.00000109. The summed E-state index contributed by atoms with van der Waals surface area (Å²) in [7, 11) is 4.11. The number of nitrogens with one attached hydrogen (secondary N) is 1. The minimum absolute atomic E-state index is 0.0943. The van der Waals surface area contributed by atoms with Gasteiger partial charge in [-0.3, -0.25) is 0 Å². The highest BCUT2D eigenvalue weighted by atomic mass is 19.4. The van der Waals surface area contributed by atoms with Crippen LogP contribution < -0.4 is 5.73 Å². The van der Waals surface area contributed by atoms with Gasteiger partial charge in [0.15, 0.2) is 5.60 Å². The molecule has 0 aliphatic heterocycles. The zero-order valence-electron chi connectivity index (χ0n) is 26.5. The van der Waals surface area contributed by atoms with E-state index in [0.717, 1.165) is 6.54 Å². The molecule has 0 fully saturated rings. The van der Waals surface area contributed by atoms with E-state index in [1.807, 2.05) is 13.8 Å². The summed E-state index contributed by atoms with van der Waals surface area (Å²) in [6.07, 6.45) is 11.8. The van der Waals surface area contributed by atoms with Crippen LogP contribution in [0.2, 0.25) is 0 Å². The number of halogens is 3. The second-order valence-corrected chi connectivity index (χ2v) is 9.58. The summed E-state index contributed by atoms with van der Waals surface area (Å²) in [5, 5.41) is 27.1. The lowest BCUT2D eigenvalue weighted by Gasteiger charge is -2.38. The molecule has 2 rings (SSSR count). The third-order valence-electron chi connectivity index (χ3n) is 5.51. The van der Waals surface area contributed by atoms with Crippen molar-refractivity contribution in [2.45, 2.75) is 78.5 Å². The molecule has 0 radical (unpaired) electrons. The summed E-state index contributed by atoms with van der Waals surface area (Å²) >= 11 is 0. The Morgan fingerprint density at radius 2 is 1.55 bits per heavy atom. The molecule has 2 aromatic rings. The number of phenolic OH excluding ortho intramolecular Hbond substituents is 1. The molecule has 0 bridgehead atoms. The van der Waals surface area contributed by atoms with Gasteiger partial charge in [0.2, 0.25) is 0 Å². The van der Waals surface area contributed by atoms with Crippen LogP contribution in [0.15, 0.2) is 60.8 Å². The Kier molecular flexibility index (Phi) is 22.4. The average Bonchev–Trinajstić information content (AvgIpc) is 2.94. The van der Waals surface area contributed by atoms with Gasteiger partial charge >= 0.3 is 6.18 Å². The van der Waals surface area contributed by atoms with Gasteiger partial charge in [0, 0.05) is 35.6 Å². The highest BCUT2D eigenvalue weighted by Gasteiger charge is 2.56. The number of nitrogens with zero attached hydrogens (tertiary/aromatic N) is 3. The fourth-order valence-electron chi connectivity index (χ4n) is 3.41. The Bertz CT molecular complexity index is 1080. The topological polar surface area (TPSA) is 119 Å². The minimum Gasteiger partial charge on any atom is -0.508 e. The van der Waals surface area contributed by atoms with Crippen LogP contribution in [0, 0.1) is 18.3 Å². The second-order valence-electron chi connectivity index (χ2n) is 9.58. The number of hydrogen-bond donors (Lipinski definition) is 4. The first-order valence-electron chi connectivity index (χ1n) is 13.5. The minimum atomic E-state index is -4.92. The Labute approximate surface area is 250 Å². The molecule has 0 saturated heterocycles. The molecular weight excluding hydrogens is 543 g/mol. The first-order valence-corrected chi connectivity index (χ1v) is 13.5. The molecule has 0 spiro atoms. The molecule has 1 aromatic carbocycles. The molecule has 1 heterocycles. The number of hydrogen-bond acceptors (Lipinski definition) is 7. The highest BCUT2D eigenvalue weighted by Crippen LogP contribution is 2.46. The molecule has 42 heavy (non-hydrogen) atoms.